The van der Waals surface area contributed by atoms with E-state index >= 15 is 0 Å². The molecule has 12 heteroatoms. The Labute approximate surface area is 240 Å². The number of rotatable bonds is 23. The van der Waals surface area contributed by atoms with E-state index in [-0.39, 0.29) is 17.7 Å². The molecule has 0 aliphatic heterocycles. The van der Waals surface area contributed by atoms with Gasteiger partial charge in [0.05, 0.1) is 0 Å². The molecule has 0 rings (SSSR count). The fourth-order valence-electron chi connectivity index (χ4n) is 4.27. The average molecular weight is 570 g/mol. The zero-order chi connectivity index (χ0) is 30.4. The Kier molecular flexibility index (Phi) is 20.5. The molecule has 3 atom stereocenters. The van der Waals surface area contributed by atoms with Gasteiger partial charge in [0, 0.05) is 26.9 Å². The van der Waals surface area contributed by atoms with Gasteiger partial charge < -0.3 is 38.1 Å². The van der Waals surface area contributed by atoms with Gasteiger partial charge in [0.1, 0.15) is 12.1 Å². The van der Waals surface area contributed by atoms with Gasteiger partial charge in [-0.1, -0.05) is 39.5 Å². The van der Waals surface area contributed by atoms with E-state index < -0.39 is 29.6 Å². The van der Waals surface area contributed by atoms with Crippen molar-refractivity contribution < 1.29 is 24.0 Å². The number of carbonyl (C=O) groups excluding carboxylic acids is 5. The van der Waals surface area contributed by atoms with Crippen LogP contribution >= 0.6 is 0 Å². The first-order valence-electron chi connectivity index (χ1n) is 14.9. The van der Waals surface area contributed by atoms with E-state index in [9.17, 15) is 24.0 Å². The molecule has 0 fully saturated rings. The van der Waals surface area contributed by atoms with Crippen LogP contribution < -0.4 is 38.1 Å². The predicted molar refractivity (Wildman–Crippen MR) is 157 cm³/mol. The van der Waals surface area contributed by atoms with Crippen molar-refractivity contribution in [1.82, 2.24) is 26.6 Å². The van der Waals surface area contributed by atoms with E-state index in [4.69, 9.17) is 11.5 Å². The maximum Gasteiger partial charge on any atom is 0.260 e. The molecule has 0 spiro atoms. The van der Waals surface area contributed by atoms with Gasteiger partial charge in [0.15, 0.2) is 5.66 Å². The van der Waals surface area contributed by atoms with Crippen LogP contribution in [0.1, 0.15) is 111 Å². The fraction of sp³-hybridized carbons (Fsp3) is 0.821. The van der Waals surface area contributed by atoms with Gasteiger partial charge in [-0.2, -0.15) is 0 Å². The van der Waals surface area contributed by atoms with Crippen molar-refractivity contribution in [2.24, 2.45) is 11.5 Å². The number of nitrogens with two attached hydrogens (primary N) is 2. The summed E-state index contributed by atoms with van der Waals surface area (Å²) >= 11 is 0. The van der Waals surface area contributed by atoms with Gasteiger partial charge in [-0.05, 0) is 64.3 Å². The van der Waals surface area contributed by atoms with Crippen LogP contribution in [0.5, 0.6) is 0 Å². The molecule has 0 aromatic rings. The fourth-order valence-corrected chi connectivity index (χ4v) is 4.27. The number of hydrogen-bond acceptors (Lipinski definition) is 7. The predicted octanol–water partition coefficient (Wildman–Crippen LogP) is 1.07. The smallest absolute Gasteiger partial charge is 0.260 e. The first-order valence-corrected chi connectivity index (χ1v) is 14.9. The molecule has 0 aromatic carbocycles. The van der Waals surface area contributed by atoms with Gasteiger partial charge in [0.25, 0.3) is 5.91 Å². The lowest BCUT2D eigenvalue weighted by Gasteiger charge is -2.29. The molecule has 3 unspecified atom stereocenters. The standard InChI is InChI=1S/C28H55N7O5/c1-5-7-9-13-19-31-25(38)23(34-26(39)24(33-21(3)36)15-10-12-18-29)16-11-14-20-32-27(40)28(30,17-8-6-2)35-22(4)37/h23-24H,5-20,29-30H2,1-4H3,(H,31,38)(H,32,40)(H,33,36)(H,34,39)(H,35,37). The second-order valence-corrected chi connectivity index (χ2v) is 10.5. The van der Waals surface area contributed by atoms with Crippen molar-refractivity contribution in [2.75, 3.05) is 19.6 Å². The van der Waals surface area contributed by atoms with E-state index in [2.05, 4.69) is 33.5 Å². The zero-order valence-electron chi connectivity index (χ0n) is 25.2. The monoisotopic (exact) mass is 569 g/mol. The summed E-state index contributed by atoms with van der Waals surface area (Å²) in [5.74, 6) is -1.85. The highest BCUT2D eigenvalue weighted by molar-refractivity contribution is 5.92. The highest BCUT2D eigenvalue weighted by Gasteiger charge is 2.34. The highest BCUT2D eigenvalue weighted by atomic mass is 16.2. The number of unbranched alkanes of at least 4 members (excludes halogenated alkanes) is 6. The minimum atomic E-state index is -1.47. The van der Waals surface area contributed by atoms with Crippen molar-refractivity contribution >= 4 is 29.5 Å². The van der Waals surface area contributed by atoms with Crippen molar-refractivity contribution in [3.63, 3.8) is 0 Å². The number of hydrogen-bond donors (Lipinski definition) is 7. The lowest BCUT2D eigenvalue weighted by molar-refractivity contribution is -0.133. The Morgan fingerprint density at radius 2 is 1.25 bits per heavy atom. The van der Waals surface area contributed by atoms with Crippen LogP contribution in [-0.2, 0) is 24.0 Å². The second kappa shape index (κ2) is 22.0. The minimum Gasteiger partial charge on any atom is -0.354 e. The van der Waals surface area contributed by atoms with Gasteiger partial charge in [-0.15, -0.1) is 0 Å². The third-order valence-electron chi connectivity index (χ3n) is 6.54. The first kappa shape index (κ1) is 37.3. The van der Waals surface area contributed by atoms with Gasteiger partial charge in [-0.25, -0.2) is 0 Å². The highest BCUT2D eigenvalue weighted by Crippen LogP contribution is 2.10. The van der Waals surface area contributed by atoms with E-state index in [1.54, 1.807) is 0 Å². The number of amides is 5. The van der Waals surface area contributed by atoms with Crippen LogP contribution in [0.3, 0.4) is 0 Å². The normalized spacial score (nSPS) is 13.8. The maximum absolute atomic E-state index is 13.0. The van der Waals surface area contributed by atoms with Crippen LogP contribution in [0.2, 0.25) is 0 Å². The summed E-state index contributed by atoms with van der Waals surface area (Å²) < 4.78 is 0. The summed E-state index contributed by atoms with van der Waals surface area (Å²) in [4.78, 5) is 61.9. The molecule has 0 heterocycles. The second-order valence-electron chi connectivity index (χ2n) is 10.5. The Hall–Kier alpha value is -2.73. The molecule has 40 heavy (non-hydrogen) atoms. The first-order chi connectivity index (χ1) is 19.0. The van der Waals surface area contributed by atoms with E-state index in [1.165, 1.54) is 13.8 Å². The van der Waals surface area contributed by atoms with Crippen molar-refractivity contribution in [3.8, 4) is 0 Å². The Morgan fingerprint density at radius 1 is 0.675 bits per heavy atom. The van der Waals surface area contributed by atoms with Crippen LogP contribution in [0.4, 0.5) is 0 Å². The molecule has 232 valence electrons. The summed E-state index contributed by atoms with van der Waals surface area (Å²) in [5.41, 5.74) is 10.3. The molecule has 0 aliphatic rings. The quantitative estimate of drug-likeness (QED) is 0.0705. The van der Waals surface area contributed by atoms with E-state index in [0.29, 0.717) is 64.6 Å². The minimum absolute atomic E-state index is 0.274. The molecule has 0 aromatic heterocycles. The Morgan fingerprint density at radius 3 is 1.82 bits per heavy atom. The lowest BCUT2D eigenvalue weighted by atomic mass is 10.0. The Bertz CT molecular complexity index is 780. The molecule has 12 nitrogen and oxygen atoms in total. The topological polar surface area (TPSA) is 198 Å². The van der Waals surface area contributed by atoms with Crippen LogP contribution in [0.25, 0.3) is 0 Å². The summed E-state index contributed by atoms with van der Waals surface area (Å²) in [5, 5.41) is 13.7. The van der Waals surface area contributed by atoms with Crippen molar-refractivity contribution in [3.05, 3.63) is 0 Å². The molecule has 0 saturated heterocycles. The molecule has 9 N–H and O–H groups in total. The van der Waals surface area contributed by atoms with E-state index in [0.717, 1.165) is 38.5 Å². The third-order valence-corrected chi connectivity index (χ3v) is 6.54. The maximum atomic E-state index is 13.0. The summed E-state index contributed by atoms with van der Waals surface area (Å²) in [6, 6.07) is -1.53. The summed E-state index contributed by atoms with van der Waals surface area (Å²) in [6.07, 6.45) is 9.13. The van der Waals surface area contributed by atoms with Crippen LogP contribution in [-0.4, -0.2) is 66.9 Å². The molecule has 0 radical (unpaired) electrons. The largest absolute Gasteiger partial charge is 0.354 e. The molecule has 0 saturated carbocycles. The molecule has 5 amide bonds. The third kappa shape index (κ3) is 17.1. The molecule has 0 aliphatic carbocycles. The molecular formula is C28H55N7O5. The molecule has 0 bridgehead atoms. The Balaban J connectivity index is 5.13. The van der Waals surface area contributed by atoms with Crippen molar-refractivity contribution in [1.29, 1.82) is 0 Å². The van der Waals surface area contributed by atoms with E-state index in [1.807, 2.05) is 6.92 Å². The summed E-state index contributed by atoms with van der Waals surface area (Å²) in [6.45, 7) is 8.07. The van der Waals surface area contributed by atoms with Gasteiger partial charge in [0.2, 0.25) is 23.6 Å². The van der Waals surface area contributed by atoms with Gasteiger partial charge in [-0.3, -0.25) is 24.0 Å². The lowest BCUT2D eigenvalue weighted by Crippen LogP contribution is -2.64. The van der Waals surface area contributed by atoms with Gasteiger partial charge >= 0.3 is 0 Å². The summed E-state index contributed by atoms with van der Waals surface area (Å²) in [7, 11) is 0. The number of nitrogens with one attached hydrogen (secondary N) is 5. The van der Waals surface area contributed by atoms with Crippen LogP contribution in [0.15, 0.2) is 0 Å². The van der Waals surface area contributed by atoms with Crippen LogP contribution in [0, 0.1) is 0 Å². The SMILES string of the molecule is CCCCCCNC(=O)C(CCCCNC(=O)C(N)(CCCC)NC(C)=O)NC(=O)C(CCCCN)NC(C)=O. The van der Waals surface area contributed by atoms with Crippen molar-refractivity contribution in [2.45, 2.75) is 129 Å². The number of carbonyl (C=O) groups is 5. The molecular weight excluding hydrogens is 514 g/mol. The average Bonchev–Trinajstić information content (AvgIpc) is 2.89. The zero-order valence-corrected chi connectivity index (χ0v) is 25.2.